The van der Waals surface area contributed by atoms with Crippen LogP contribution in [0.25, 0.3) is 17.1 Å². The van der Waals surface area contributed by atoms with Gasteiger partial charge >= 0.3 is 6.18 Å². The number of rotatable bonds is 6. The first kappa shape index (κ1) is 25.8. The maximum Gasteiger partial charge on any atom is 0.416 e. The number of hydrogen-bond acceptors (Lipinski definition) is 5. The molecule has 0 unspecified atom stereocenters. The highest BCUT2D eigenvalue weighted by Crippen LogP contribution is 2.36. The summed E-state index contributed by atoms with van der Waals surface area (Å²) in [6.45, 7) is 3.90. The van der Waals surface area contributed by atoms with Crippen LogP contribution in [0.3, 0.4) is 0 Å². The summed E-state index contributed by atoms with van der Waals surface area (Å²) in [5, 5.41) is 21.9. The van der Waals surface area contributed by atoms with Gasteiger partial charge in [-0.25, -0.2) is 0 Å². The van der Waals surface area contributed by atoms with Crippen LogP contribution in [0, 0.1) is 13.8 Å². The van der Waals surface area contributed by atoms with Crippen LogP contribution in [0.2, 0.25) is 0 Å². The van der Waals surface area contributed by atoms with E-state index in [9.17, 15) is 23.1 Å². The minimum Gasteiger partial charge on any atom is -0.507 e. The molecule has 2 N–H and O–H groups in total. The molecular weight excluding hydrogens is 557 g/mol. The van der Waals surface area contributed by atoms with E-state index in [4.69, 9.17) is 0 Å². The molecule has 6 nitrogen and oxygen atoms in total. The molecule has 0 aliphatic heterocycles. The van der Waals surface area contributed by atoms with Crippen LogP contribution in [0.5, 0.6) is 5.75 Å². The average Bonchev–Trinajstić information content (AvgIpc) is 3.22. The number of nitrogens with one attached hydrogen (secondary N) is 1. The van der Waals surface area contributed by atoms with Crippen LogP contribution in [0.15, 0.2) is 70.3 Å². The molecule has 0 atom stereocenters. The quantitative estimate of drug-likeness (QED) is 0.248. The molecule has 11 heteroatoms. The van der Waals surface area contributed by atoms with Crippen molar-refractivity contribution in [2.45, 2.75) is 25.2 Å². The van der Waals surface area contributed by atoms with Crippen molar-refractivity contribution in [2.24, 2.45) is 0 Å². The number of phenols is 1. The van der Waals surface area contributed by atoms with Gasteiger partial charge < -0.3 is 10.4 Å². The van der Waals surface area contributed by atoms with Crippen molar-refractivity contribution in [1.82, 2.24) is 14.8 Å². The fourth-order valence-electron chi connectivity index (χ4n) is 3.60. The Morgan fingerprint density at radius 2 is 1.86 bits per heavy atom. The molecule has 4 rings (SSSR count). The van der Waals surface area contributed by atoms with Gasteiger partial charge in [-0.2, -0.15) is 13.2 Å². The molecule has 4 aromatic rings. The molecule has 0 saturated carbocycles. The van der Waals surface area contributed by atoms with Crippen LogP contribution in [-0.4, -0.2) is 31.5 Å². The van der Waals surface area contributed by atoms with E-state index in [1.807, 2.05) is 32.0 Å². The van der Waals surface area contributed by atoms with E-state index in [2.05, 4.69) is 31.4 Å². The highest BCUT2D eigenvalue weighted by molar-refractivity contribution is 9.10. The molecular formula is C25H20BrF3N4O2S. The maximum absolute atomic E-state index is 13.0. The van der Waals surface area contributed by atoms with Gasteiger partial charge in [0, 0.05) is 10.2 Å². The van der Waals surface area contributed by atoms with Gasteiger partial charge in [0.1, 0.15) is 5.75 Å². The Hall–Kier alpha value is -3.31. The zero-order valence-corrected chi connectivity index (χ0v) is 21.5. The van der Waals surface area contributed by atoms with Crippen molar-refractivity contribution in [3.05, 3.63) is 81.8 Å². The number of anilines is 1. The lowest BCUT2D eigenvalue weighted by Crippen LogP contribution is -2.15. The standard InChI is InChI=1S/C25H20BrF3N4O2S/c1-14-6-8-20(15(2)10-14)33-23(19-12-17(26)7-9-21(19)34)31-32-24(33)36-13-22(35)30-18-5-3-4-16(11-18)25(27,28)29/h3-12,34H,13H2,1-2H3,(H,30,35). The van der Waals surface area contributed by atoms with E-state index in [-0.39, 0.29) is 17.2 Å². The Morgan fingerprint density at radius 3 is 2.58 bits per heavy atom. The van der Waals surface area contributed by atoms with E-state index >= 15 is 0 Å². The van der Waals surface area contributed by atoms with E-state index < -0.39 is 17.6 Å². The van der Waals surface area contributed by atoms with Crippen LogP contribution in [-0.2, 0) is 11.0 Å². The smallest absolute Gasteiger partial charge is 0.416 e. The third-order valence-electron chi connectivity index (χ3n) is 5.23. The highest BCUT2D eigenvalue weighted by atomic mass is 79.9. The molecule has 0 aliphatic carbocycles. The summed E-state index contributed by atoms with van der Waals surface area (Å²) in [4.78, 5) is 12.6. The van der Waals surface area contributed by atoms with Crippen LogP contribution in [0.1, 0.15) is 16.7 Å². The molecule has 0 radical (unpaired) electrons. The fraction of sp³-hybridized carbons (Fsp3) is 0.160. The first-order chi connectivity index (χ1) is 17.0. The normalized spacial score (nSPS) is 11.5. The minimum atomic E-state index is -4.51. The Balaban J connectivity index is 1.64. The molecule has 0 spiro atoms. The molecule has 1 heterocycles. The summed E-state index contributed by atoms with van der Waals surface area (Å²) in [5.41, 5.74) is 2.40. The number of phenolic OH excluding ortho intramolecular Hbond substituents is 1. The van der Waals surface area contributed by atoms with Gasteiger partial charge in [0.2, 0.25) is 5.91 Å². The molecule has 3 aromatic carbocycles. The van der Waals surface area contributed by atoms with E-state index in [0.29, 0.717) is 16.5 Å². The highest BCUT2D eigenvalue weighted by Gasteiger charge is 2.30. The summed E-state index contributed by atoms with van der Waals surface area (Å²) in [7, 11) is 0. The van der Waals surface area contributed by atoms with Gasteiger partial charge in [-0.15, -0.1) is 10.2 Å². The lowest BCUT2D eigenvalue weighted by molar-refractivity contribution is -0.137. The van der Waals surface area contributed by atoms with Crippen molar-refractivity contribution in [3.63, 3.8) is 0 Å². The van der Waals surface area contributed by atoms with E-state index in [0.717, 1.165) is 45.2 Å². The second kappa shape index (κ2) is 10.4. The van der Waals surface area contributed by atoms with Crippen molar-refractivity contribution in [3.8, 4) is 22.8 Å². The number of amides is 1. The fourth-order valence-corrected chi connectivity index (χ4v) is 4.71. The number of halogens is 4. The first-order valence-electron chi connectivity index (χ1n) is 10.6. The van der Waals surface area contributed by atoms with Gasteiger partial charge in [0.05, 0.1) is 22.6 Å². The van der Waals surface area contributed by atoms with E-state index in [1.54, 1.807) is 16.7 Å². The molecule has 0 aliphatic rings. The molecule has 186 valence electrons. The van der Waals surface area contributed by atoms with Gasteiger partial charge in [-0.1, -0.05) is 51.5 Å². The lowest BCUT2D eigenvalue weighted by atomic mass is 10.1. The number of hydrogen-bond donors (Lipinski definition) is 2. The van der Waals surface area contributed by atoms with Crippen LogP contribution < -0.4 is 5.32 Å². The van der Waals surface area contributed by atoms with Gasteiger partial charge in [-0.3, -0.25) is 9.36 Å². The van der Waals surface area contributed by atoms with Crippen molar-refractivity contribution >= 4 is 39.3 Å². The maximum atomic E-state index is 13.0. The predicted molar refractivity (Wildman–Crippen MR) is 136 cm³/mol. The summed E-state index contributed by atoms with van der Waals surface area (Å²) < 4.78 is 41.4. The lowest BCUT2D eigenvalue weighted by Gasteiger charge is -2.14. The zero-order chi connectivity index (χ0) is 26.0. The zero-order valence-electron chi connectivity index (χ0n) is 19.1. The topological polar surface area (TPSA) is 80.0 Å². The number of aryl methyl sites for hydroxylation is 2. The number of aromatic nitrogens is 3. The minimum absolute atomic E-state index is 0.00968. The van der Waals surface area contributed by atoms with Crippen LogP contribution >= 0.6 is 27.7 Å². The number of thioether (sulfide) groups is 1. The molecule has 1 amide bonds. The number of alkyl halides is 3. The Labute approximate surface area is 217 Å². The first-order valence-corrected chi connectivity index (χ1v) is 12.4. The monoisotopic (exact) mass is 576 g/mol. The van der Waals surface area contributed by atoms with Crippen LogP contribution in [0.4, 0.5) is 18.9 Å². The summed E-state index contributed by atoms with van der Waals surface area (Å²) >= 11 is 4.49. The Morgan fingerprint density at radius 1 is 1.08 bits per heavy atom. The third-order valence-corrected chi connectivity index (χ3v) is 6.65. The SMILES string of the molecule is Cc1ccc(-n2c(SCC(=O)Nc3cccc(C(F)(F)F)c3)nnc2-c2cc(Br)ccc2O)c(C)c1. The largest absolute Gasteiger partial charge is 0.507 e. The number of nitrogens with zero attached hydrogens (tertiary/aromatic N) is 3. The molecule has 0 fully saturated rings. The van der Waals surface area contributed by atoms with Gasteiger partial charge in [-0.05, 0) is 61.9 Å². The van der Waals surface area contributed by atoms with Crippen molar-refractivity contribution in [2.75, 3.05) is 11.1 Å². The Kier molecular flexibility index (Phi) is 7.41. The van der Waals surface area contributed by atoms with E-state index in [1.165, 1.54) is 18.2 Å². The second-order valence-corrected chi connectivity index (χ2v) is 9.87. The molecule has 0 bridgehead atoms. The number of carbonyl (C=O) groups is 1. The second-order valence-electron chi connectivity index (χ2n) is 8.01. The number of benzene rings is 3. The summed E-state index contributed by atoms with van der Waals surface area (Å²) in [6, 6.07) is 15.2. The average molecular weight is 577 g/mol. The summed E-state index contributed by atoms with van der Waals surface area (Å²) in [5.74, 6) is -0.234. The summed E-state index contributed by atoms with van der Waals surface area (Å²) in [6.07, 6.45) is -4.51. The van der Waals surface area contributed by atoms with Gasteiger partial charge in [0.15, 0.2) is 11.0 Å². The predicted octanol–water partition coefficient (Wildman–Crippen LogP) is 6.77. The molecule has 36 heavy (non-hydrogen) atoms. The molecule has 1 aromatic heterocycles. The molecule has 0 saturated heterocycles. The number of carbonyl (C=O) groups excluding carboxylic acids is 1. The van der Waals surface area contributed by atoms with Crippen molar-refractivity contribution < 1.29 is 23.1 Å². The van der Waals surface area contributed by atoms with Gasteiger partial charge in [0.25, 0.3) is 0 Å². The Bertz CT molecular complexity index is 1440. The third kappa shape index (κ3) is 5.73. The van der Waals surface area contributed by atoms with Crippen molar-refractivity contribution in [1.29, 1.82) is 0 Å². The number of aromatic hydroxyl groups is 1.